The molecule has 2 heterocycles. The Balaban J connectivity index is 1.92. The highest BCUT2D eigenvalue weighted by atomic mass is 16.6. The average molecular weight is 253 g/mol. The van der Waals surface area contributed by atoms with Gasteiger partial charge in [-0.1, -0.05) is 11.9 Å². The Labute approximate surface area is 104 Å². The molecule has 1 aromatic rings. The molecule has 1 fully saturated rings. The van der Waals surface area contributed by atoms with Crippen molar-refractivity contribution in [3.63, 3.8) is 0 Å². The molecule has 0 saturated carbocycles. The predicted octanol–water partition coefficient (Wildman–Crippen LogP) is 0.445. The molecule has 1 amide bonds. The van der Waals surface area contributed by atoms with Crippen LogP contribution in [0.5, 0.6) is 0 Å². The monoisotopic (exact) mass is 253 g/mol. The number of carbonyl (C=O) groups excluding carboxylic acids is 1. The summed E-state index contributed by atoms with van der Waals surface area (Å²) in [6, 6.07) is 0. The van der Waals surface area contributed by atoms with Crippen molar-refractivity contribution >= 4 is 11.9 Å². The van der Waals surface area contributed by atoms with Crippen LogP contribution in [0, 0.1) is 16.0 Å². The summed E-state index contributed by atoms with van der Waals surface area (Å²) in [5, 5.41) is 14.0. The molecule has 8 nitrogen and oxygen atoms in total. The van der Waals surface area contributed by atoms with Crippen LogP contribution < -0.4 is 0 Å². The standard InChI is InChI=1S/C10H15N5O3/c1-8-2-4-13(5-3-8)9(16)6-14-7-11-10(12-14)15(17)18/h7-8H,2-6H2,1H3. The number of rotatable bonds is 3. The van der Waals surface area contributed by atoms with E-state index in [9.17, 15) is 14.9 Å². The summed E-state index contributed by atoms with van der Waals surface area (Å²) in [7, 11) is 0. The number of amides is 1. The molecule has 18 heavy (non-hydrogen) atoms. The van der Waals surface area contributed by atoms with Crippen LogP contribution in [-0.2, 0) is 11.3 Å². The second kappa shape index (κ2) is 5.11. The number of aromatic nitrogens is 3. The van der Waals surface area contributed by atoms with Gasteiger partial charge in [-0.2, -0.15) is 4.68 Å². The van der Waals surface area contributed by atoms with E-state index in [4.69, 9.17) is 0 Å². The van der Waals surface area contributed by atoms with Gasteiger partial charge in [0.2, 0.25) is 12.2 Å². The van der Waals surface area contributed by atoms with Gasteiger partial charge >= 0.3 is 5.95 Å². The quantitative estimate of drug-likeness (QED) is 0.575. The highest BCUT2D eigenvalue weighted by molar-refractivity contribution is 5.75. The normalized spacial score (nSPS) is 16.8. The smallest absolute Gasteiger partial charge is 0.390 e. The van der Waals surface area contributed by atoms with Crippen molar-refractivity contribution in [2.75, 3.05) is 13.1 Å². The molecule has 98 valence electrons. The van der Waals surface area contributed by atoms with Crippen LogP contribution >= 0.6 is 0 Å². The first-order valence-electron chi connectivity index (χ1n) is 5.88. The highest BCUT2D eigenvalue weighted by Gasteiger charge is 2.22. The van der Waals surface area contributed by atoms with E-state index in [1.54, 1.807) is 4.90 Å². The van der Waals surface area contributed by atoms with E-state index in [0.29, 0.717) is 5.92 Å². The molecule has 0 radical (unpaired) electrons. The fourth-order valence-corrected chi connectivity index (χ4v) is 1.94. The molecule has 0 N–H and O–H groups in total. The van der Waals surface area contributed by atoms with Crippen molar-refractivity contribution in [1.82, 2.24) is 19.7 Å². The van der Waals surface area contributed by atoms with Crippen molar-refractivity contribution in [3.05, 3.63) is 16.4 Å². The van der Waals surface area contributed by atoms with Gasteiger partial charge in [-0.3, -0.25) is 4.79 Å². The fraction of sp³-hybridized carbons (Fsp3) is 0.700. The Hall–Kier alpha value is -1.99. The minimum absolute atomic E-state index is 0.00915. The summed E-state index contributed by atoms with van der Waals surface area (Å²) in [6.07, 6.45) is 3.22. The SMILES string of the molecule is CC1CCN(C(=O)Cn2cnc([N+](=O)[O-])n2)CC1. The summed E-state index contributed by atoms with van der Waals surface area (Å²) < 4.78 is 1.21. The number of hydrogen-bond acceptors (Lipinski definition) is 5. The topological polar surface area (TPSA) is 94.2 Å². The number of nitrogens with zero attached hydrogens (tertiary/aromatic N) is 5. The van der Waals surface area contributed by atoms with Crippen LogP contribution in [0.2, 0.25) is 0 Å². The van der Waals surface area contributed by atoms with Gasteiger partial charge in [-0.15, -0.1) is 0 Å². The molecule has 1 aromatic heterocycles. The Morgan fingerprint density at radius 3 is 2.78 bits per heavy atom. The second-order valence-electron chi connectivity index (χ2n) is 4.56. The van der Waals surface area contributed by atoms with Gasteiger partial charge in [0.25, 0.3) is 0 Å². The Morgan fingerprint density at radius 1 is 1.56 bits per heavy atom. The molecule has 0 atom stereocenters. The van der Waals surface area contributed by atoms with Gasteiger partial charge in [0, 0.05) is 18.2 Å². The van der Waals surface area contributed by atoms with Gasteiger partial charge in [0.05, 0.1) is 0 Å². The molecule has 1 saturated heterocycles. The molecule has 8 heteroatoms. The van der Waals surface area contributed by atoms with Crippen LogP contribution in [0.3, 0.4) is 0 Å². The molecule has 0 bridgehead atoms. The zero-order valence-corrected chi connectivity index (χ0v) is 10.2. The minimum Gasteiger partial charge on any atom is -0.390 e. The summed E-state index contributed by atoms with van der Waals surface area (Å²) in [5.74, 6) is 0.110. The molecule has 2 rings (SSSR count). The number of hydrogen-bond donors (Lipinski definition) is 0. The van der Waals surface area contributed by atoms with Gasteiger partial charge < -0.3 is 15.0 Å². The Kier molecular flexibility index (Phi) is 3.54. The van der Waals surface area contributed by atoms with Crippen molar-refractivity contribution in [2.24, 2.45) is 5.92 Å². The van der Waals surface area contributed by atoms with Crippen LogP contribution in [0.1, 0.15) is 19.8 Å². The number of carbonyl (C=O) groups is 1. The zero-order valence-electron chi connectivity index (χ0n) is 10.2. The third-order valence-corrected chi connectivity index (χ3v) is 3.12. The summed E-state index contributed by atoms with van der Waals surface area (Å²) in [4.78, 5) is 26.9. The maximum atomic E-state index is 11.9. The average Bonchev–Trinajstić information content (AvgIpc) is 2.78. The molecule has 0 aromatic carbocycles. The third-order valence-electron chi connectivity index (χ3n) is 3.12. The summed E-state index contributed by atoms with van der Waals surface area (Å²) >= 11 is 0. The molecule has 1 aliphatic rings. The lowest BCUT2D eigenvalue weighted by atomic mass is 9.99. The van der Waals surface area contributed by atoms with E-state index in [2.05, 4.69) is 17.0 Å². The van der Waals surface area contributed by atoms with Crippen molar-refractivity contribution < 1.29 is 9.72 Å². The third kappa shape index (κ3) is 2.82. The Morgan fingerprint density at radius 2 is 2.22 bits per heavy atom. The van der Waals surface area contributed by atoms with Gasteiger partial charge in [-0.25, -0.2) is 0 Å². The van der Waals surface area contributed by atoms with E-state index in [0.717, 1.165) is 25.9 Å². The van der Waals surface area contributed by atoms with E-state index in [-0.39, 0.29) is 12.5 Å². The lowest BCUT2D eigenvalue weighted by Crippen LogP contribution is -2.39. The van der Waals surface area contributed by atoms with E-state index in [1.165, 1.54) is 11.0 Å². The molecule has 1 aliphatic heterocycles. The lowest BCUT2D eigenvalue weighted by Gasteiger charge is -2.29. The number of piperidine rings is 1. The van der Waals surface area contributed by atoms with Gasteiger partial charge in [0.1, 0.15) is 6.54 Å². The van der Waals surface area contributed by atoms with Gasteiger partial charge in [-0.05, 0) is 23.7 Å². The molecule has 0 unspecified atom stereocenters. The molecule has 0 aliphatic carbocycles. The first kappa shape index (κ1) is 12.5. The Bertz CT molecular complexity index is 450. The predicted molar refractivity (Wildman–Crippen MR) is 61.7 cm³/mol. The van der Waals surface area contributed by atoms with Gasteiger partial charge in [0.15, 0.2) is 0 Å². The van der Waals surface area contributed by atoms with Crippen LogP contribution in [0.4, 0.5) is 5.95 Å². The minimum atomic E-state index is -0.677. The van der Waals surface area contributed by atoms with E-state index < -0.39 is 10.9 Å². The first-order chi connectivity index (χ1) is 8.56. The van der Waals surface area contributed by atoms with Crippen LogP contribution in [0.15, 0.2) is 6.33 Å². The summed E-state index contributed by atoms with van der Waals surface area (Å²) in [6.45, 7) is 3.67. The highest BCUT2D eigenvalue weighted by Crippen LogP contribution is 2.16. The fourth-order valence-electron chi connectivity index (χ4n) is 1.94. The van der Waals surface area contributed by atoms with E-state index >= 15 is 0 Å². The summed E-state index contributed by atoms with van der Waals surface area (Å²) in [5.41, 5.74) is 0. The lowest BCUT2D eigenvalue weighted by molar-refractivity contribution is -0.394. The maximum absolute atomic E-state index is 11.9. The zero-order chi connectivity index (χ0) is 13.1. The largest absolute Gasteiger partial charge is 0.490 e. The van der Waals surface area contributed by atoms with Crippen molar-refractivity contribution in [2.45, 2.75) is 26.3 Å². The van der Waals surface area contributed by atoms with E-state index in [1.807, 2.05) is 0 Å². The molecular formula is C10H15N5O3. The van der Waals surface area contributed by atoms with Crippen molar-refractivity contribution in [3.8, 4) is 0 Å². The molecular weight excluding hydrogens is 238 g/mol. The first-order valence-corrected chi connectivity index (χ1v) is 5.88. The number of nitro groups is 1. The maximum Gasteiger partial charge on any atom is 0.490 e. The van der Waals surface area contributed by atoms with Crippen molar-refractivity contribution in [1.29, 1.82) is 0 Å². The van der Waals surface area contributed by atoms with Crippen LogP contribution in [-0.4, -0.2) is 43.6 Å². The number of likely N-dealkylation sites (tertiary alicyclic amines) is 1. The molecule has 0 spiro atoms. The second-order valence-corrected chi connectivity index (χ2v) is 4.56. The van der Waals surface area contributed by atoms with Crippen LogP contribution in [0.25, 0.3) is 0 Å².